The van der Waals surface area contributed by atoms with Crippen LogP contribution in [0.4, 0.5) is 4.79 Å². The quantitative estimate of drug-likeness (QED) is 0.831. The Labute approximate surface area is 135 Å². The maximum atomic E-state index is 11.5. The van der Waals surface area contributed by atoms with Crippen LogP contribution in [0.15, 0.2) is 12.4 Å². The van der Waals surface area contributed by atoms with Gasteiger partial charge >= 0.3 is 6.09 Å². The van der Waals surface area contributed by atoms with Gasteiger partial charge in [-0.15, -0.1) is 0 Å². The van der Waals surface area contributed by atoms with E-state index in [-0.39, 0.29) is 12.9 Å². The van der Waals surface area contributed by atoms with Crippen LogP contribution in [0.3, 0.4) is 0 Å². The second-order valence-electron chi connectivity index (χ2n) is 5.32. The second kappa shape index (κ2) is 8.31. The Balaban J connectivity index is 1.97. The minimum absolute atomic E-state index is 0.106. The average molecular weight is 329 g/mol. The molecule has 0 radical (unpaired) electrons. The van der Waals surface area contributed by atoms with Crippen molar-refractivity contribution in [3.05, 3.63) is 28.5 Å². The van der Waals surface area contributed by atoms with E-state index < -0.39 is 6.09 Å². The largest absolute Gasteiger partial charge is 0.444 e. The number of hydrogen-bond acceptors (Lipinski definition) is 5. The summed E-state index contributed by atoms with van der Waals surface area (Å²) >= 11 is 6.19. The molecule has 1 aromatic heterocycles. The van der Waals surface area contributed by atoms with Crippen molar-refractivity contribution in [2.24, 2.45) is 0 Å². The third-order valence-electron chi connectivity index (χ3n) is 3.36. The smallest absolute Gasteiger partial charge is 0.409 e. The summed E-state index contributed by atoms with van der Waals surface area (Å²) in [6, 6.07) is 0. The number of carbonyl (C=O) groups excluding carboxylic acids is 1. The number of pyridine rings is 1. The predicted molar refractivity (Wildman–Crippen MR) is 81.5 cm³/mol. The number of carbonyl (C=O) groups is 1. The van der Waals surface area contributed by atoms with E-state index in [0.717, 1.165) is 37.0 Å². The summed E-state index contributed by atoms with van der Waals surface area (Å²) in [4.78, 5) is 16.9. The molecule has 1 atom stereocenters. The summed E-state index contributed by atoms with van der Waals surface area (Å²) in [6.45, 7) is 1.14. The van der Waals surface area contributed by atoms with Crippen molar-refractivity contribution < 1.29 is 19.0 Å². The van der Waals surface area contributed by atoms with Crippen molar-refractivity contribution in [3.8, 4) is 0 Å². The molecule has 1 aromatic rings. The van der Waals surface area contributed by atoms with Gasteiger partial charge < -0.3 is 19.1 Å². The van der Waals surface area contributed by atoms with Gasteiger partial charge in [-0.25, -0.2) is 4.79 Å². The van der Waals surface area contributed by atoms with E-state index in [2.05, 4.69) is 4.98 Å². The Kier molecular flexibility index (Phi) is 6.42. The molecular weight excluding hydrogens is 308 g/mol. The zero-order valence-corrected chi connectivity index (χ0v) is 13.6. The number of aromatic nitrogens is 1. The summed E-state index contributed by atoms with van der Waals surface area (Å²) in [5, 5.41) is 0.495. The van der Waals surface area contributed by atoms with Crippen molar-refractivity contribution in [1.29, 1.82) is 0 Å². The molecule has 0 saturated carbocycles. The van der Waals surface area contributed by atoms with E-state index in [4.69, 9.17) is 25.8 Å². The third kappa shape index (κ3) is 4.83. The first-order valence-corrected chi connectivity index (χ1v) is 7.64. The normalized spacial score (nSPS) is 18.0. The van der Waals surface area contributed by atoms with E-state index in [9.17, 15) is 4.79 Å². The number of amides is 1. The molecule has 1 aliphatic heterocycles. The fraction of sp³-hybridized carbons (Fsp3) is 0.600. The lowest BCUT2D eigenvalue weighted by Crippen LogP contribution is -2.23. The lowest BCUT2D eigenvalue weighted by molar-refractivity contribution is -0.169. The first kappa shape index (κ1) is 17.0. The molecule has 6 nitrogen and oxygen atoms in total. The zero-order valence-electron chi connectivity index (χ0n) is 12.9. The molecule has 0 aliphatic carbocycles. The van der Waals surface area contributed by atoms with Crippen LogP contribution < -0.4 is 0 Å². The highest BCUT2D eigenvalue weighted by molar-refractivity contribution is 6.31. The van der Waals surface area contributed by atoms with Crippen LogP contribution in [-0.4, -0.2) is 43.0 Å². The van der Waals surface area contributed by atoms with Crippen molar-refractivity contribution >= 4 is 17.7 Å². The first-order chi connectivity index (χ1) is 10.6. The lowest BCUT2D eigenvalue weighted by atomic mass is 10.1. The monoisotopic (exact) mass is 328 g/mol. The highest BCUT2D eigenvalue weighted by Crippen LogP contribution is 2.23. The molecule has 1 amide bonds. The van der Waals surface area contributed by atoms with Crippen LogP contribution >= 0.6 is 11.6 Å². The summed E-state index contributed by atoms with van der Waals surface area (Å²) in [5.41, 5.74) is 1.51. The molecule has 22 heavy (non-hydrogen) atoms. The van der Waals surface area contributed by atoms with E-state index in [1.807, 2.05) is 0 Å². The van der Waals surface area contributed by atoms with Crippen LogP contribution in [0.2, 0.25) is 5.02 Å². The van der Waals surface area contributed by atoms with Crippen molar-refractivity contribution in [2.75, 3.05) is 20.7 Å². The molecule has 2 heterocycles. The molecule has 1 fully saturated rings. The molecule has 7 heteroatoms. The summed E-state index contributed by atoms with van der Waals surface area (Å²) in [6.07, 6.45) is 5.63. The highest BCUT2D eigenvalue weighted by Gasteiger charge is 2.17. The molecule has 1 unspecified atom stereocenters. The lowest BCUT2D eigenvalue weighted by Gasteiger charge is -2.23. The van der Waals surface area contributed by atoms with E-state index in [1.165, 1.54) is 4.90 Å². The molecule has 0 spiro atoms. The summed E-state index contributed by atoms with van der Waals surface area (Å²) in [7, 11) is 3.26. The van der Waals surface area contributed by atoms with Gasteiger partial charge in [0.05, 0.1) is 11.6 Å². The molecule has 0 N–H and O–H groups in total. The first-order valence-electron chi connectivity index (χ1n) is 7.26. The van der Waals surface area contributed by atoms with Crippen LogP contribution in [0, 0.1) is 0 Å². The predicted octanol–water partition coefficient (Wildman–Crippen LogP) is 2.98. The Morgan fingerprint density at radius 3 is 2.91 bits per heavy atom. The number of halogens is 1. The van der Waals surface area contributed by atoms with Crippen molar-refractivity contribution in [1.82, 2.24) is 9.88 Å². The number of ether oxygens (including phenoxy) is 3. The van der Waals surface area contributed by atoms with E-state index >= 15 is 0 Å². The SMILES string of the molecule is CN(C)C(=O)OCc1cncc(Cl)c1COC1CCCCO1. The fourth-order valence-electron chi connectivity index (χ4n) is 2.08. The standard InChI is InChI=1S/C15H21ClN2O4/c1-18(2)15(19)22-9-11-7-17-8-13(16)12(11)10-21-14-5-3-4-6-20-14/h7-8,14H,3-6,9-10H2,1-2H3. The zero-order chi connectivity index (χ0) is 15.9. The fourth-order valence-corrected chi connectivity index (χ4v) is 2.31. The van der Waals surface area contributed by atoms with Crippen molar-refractivity contribution in [2.45, 2.75) is 38.8 Å². The van der Waals surface area contributed by atoms with Gasteiger partial charge in [-0.05, 0) is 19.3 Å². The van der Waals surface area contributed by atoms with Crippen molar-refractivity contribution in [3.63, 3.8) is 0 Å². The van der Waals surface area contributed by atoms with Gasteiger partial charge in [0.2, 0.25) is 0 Å². The molecular formula is C15H21ClN2O4. The van der Waals surface area contributed by atoms with Gasteiger partial charge in [-0.3, -0.25) is 4.98 Å². The number of rotatable bonds is 5. The maximum absolute atomic E-state index is 11.5. The van der Waals surface area contributed by atoms with Gasteiger partial charge in [-0.2, -0.15) is 0 Å². The van der Waals surface area contributed by atoms with Gasteiger partial charge in [-0.1, -0.05) is 11.6 Å². The number of nitrogens with zero attached hydrogens (tertiary/aromatic N) is 2. The molecule has 122 valence electrons. The van der Waals surface area contributed by atoms with E-state index in [1.54, 1.807) is 26.5 Å². The highest BCUT2D eigenvalue weighted by atomic mass is 35.5. The second-order valence-corrected chi connectivity index (χ2v) is 5.72. The van der Waals surface area contributed by atoms with Gasteiger partial charge in [0.1, 0.15) is 6.61 Å². The summed E-state index contributed by atoms with van der Waals surface area (Å²) in [5.74, 6) is 0. The molecule has 0 aromatic carbocycles. The molecule has 2 rings (SSSR count). The van der Waals surface area contributed by atoms with Gasteiger partial charge in [0, 0.05) is 44.2 Å². The summed E-state index contributed by atoms with van der Waals surface area (Å²) < 4.78 is 16.5. The van der Waals surface area contributed by atoms with Gasteiger partial charge in [0.25, 0.3) is 0 Å². The minimum atomic E-state index is -0.414. The Hall–Kier alpha value is -1.37. The third-order valence-corrected chi connectivity index (χ3v) is 3.69. The number of hydrogen-bond donors (Lipinski definition) is 0. The van der Waals surface area contributed by atoms with Crippen LogP contribution in [-0.2, 0) is 27.4 Å². The van der Waals surface area contributed by atoms with Gasteiger partial charge in [0.15, 0.2) is 6.29 Å². The Morgan fingerprint density at radius 1 is 1.41 bits per heavy atom. The maximum Gasteiger partial charge on any atom is 0.409 e. The molecule has 0 bridgehead atoms. The topological polar surface area (TPSA) is 60.9 Å². The Morgan fingerprint density at radius 2 is 2.23 bits per heavy atom. The van der Waals surface area contributed by atoms with Crippen LogP contribution in [0.1, 0.15) is 30.4 Å². The van der Waals surface area contributed by atoms with E-state index in [0.29, 0.717) is 11.6 Å². The average Bonchev–Trinajstić information content (AvgIpc) is 2.52. The molecule has 1 saturated heterocycles. The van der Waals surface area contributed by atoms with Crippen LogP contribution in [0.25, 0.3) is 0 Å². The minimum Gasteiger partial charge on any atom is -0.444 e. The van der Waals surface area contributed by atoms with Crippen LogP contribution in [0.5, 0.6) is 0 Å². The molecule has 1 aliphatic rings. The Bertz CT molecular complexity index is 504.